The van der Waals surface area contributed by atoms with Crippen molar-refractivity contribution in [3.63, 3.8) is 0 Å². The highest BCUT2D eigenvalue weighted by Crippen LogP contribution is 2.29. The SMILES string of the molecule is Cc1ccc(C(=O)N2CCC(c3ccc(C#N)cc3)CC2)cc1NC(=O)NCCNC(=O)OC(C)(C)C. The van der Waals surface area contributed by atoms with Crippen molar-refractivity contribution in [3.8, 4) is 6.07 Å². The van der Waals surface area contributed by atoms with Crippen LogP contribution >= 0.6 is 0 Å². The summed E-state index contributed by atoms with van der Waals surface area (Å²) in [6, 6.07) is 14.7. The topological polar surface area (TPSA) is 124 Å². The standard InChI is InChI=1S/C28H35N5O4/c1-19-5-8-23(17-24(19)32-26(35)30-13-14-31-27(36)37-28(2,3)4)25(34)33-15-11-22(12-16-33)21-9-6-20(18-29)7-10-21/h5-10,17,22H,11-16H2,1-4H3,(H,31,36)(H2,30,32,35). The molecule has 196 valence electrons. The van der Waals surface area contributed by atoms with Crippen molar-refractivity contribution in [2.75, 3.05) is 31.5 Å². The molecule has 0 spiro atoms. The second-order valence-corrected chi connectivity index (χ2v) is 10.1. The number of piperidine rings is 1. The van der Waals surface area contributed by atoms with Gasteiger partial charge in [0.25, 0.3) is 5.91 Å². The summed E-state index contributed by atoms with van der Waals surface area (Å²) in [5.74, 6) is 0.295. The first-order valence-corrected chi connectivity index (χ1v) is 12.5. The highest BCUT2D eigenvalue weighted by Gasteiger charge is 2.25. The van der Waals surface area contributed by atoms with E-state index in [0.717, 1.165) is 18.4 Å². The third kappa shape index (κ3) is 8.24. The van der Waals surface area contributed by atoms with Gasteiger partial charge in [-0.05, 0) is 81.8 Å². The Morgan fingerprint density at radius 1 is 1.03 bits per heavy atom. The number of carbonyl (C=O) groups excluding carboxylic acids is 3. The van der Waals surface area contributed by atoms with E-state index in [0.29, 0.717) is 35.8 Å². The lowest BCUT2D eigenvalue weighted by molar-refractivity contribution is 0.0528. The molecule has 0 unspecified atom stereocenters. The van der Waals surface area contributed by atoms with Gasteiger partial charge in [0.1, 0.15) is 5.60 Å². The summed E-state index contributed by atoms with van der Waals surface area (Å²) in [4.78, 5) is 39.0. The lowest BCUT2D eigenvalue weighted by Crippen LogP contribution is -2.39. The molecule has 0 bridgehead atoms. The molecular formula is C28H35N5O4. The second-order valence-electron chi connectivity index (χ2n) is 10.1. The molecule has 1 aliphatic heterocycles. The average molecular weight is 506 g/mol. The molecule has 4 amide bonds. The molecule has 1 aliphatic rings. The largest absolute Gasteiger partial charge is 0.444 e. The van der Waals surface area contributed by atoms with Crippen molar-refractivity contribution in [2.45, 2.75) is 52.1 Å². The Hall–Kier alpha value is -4.06. The number of nitrogens with one attached hydrogen (secondary N) is 3. The van der Waals surface area contributed by atoms with E-state index >= 15 is 0 Å². The molecule has 3 rings (SSSR count). The Bertz CT molecular complexity index is 1160. The molecule has 1 fully saturated rings. The first-order valence-electron chi connectivity index (χ1n) is 12.5. The van der Waals surface area contributed by atoms with Crippen LogP contribution in [0.4, 0.5) is 15.3 Å². The lowest BCUT2D eigenvalue weighted by atomic mass is 9.89. The highest BCUT2D eigenvalue weighted by atomic mass is 16.6. The van der Waals surface area contributed by atoms with Crippen LogP contribution < -0.4 is 16.0 Å². The molecule has 0 atom stereocenters. The summed E-state index contributed by atoms with van der Waals surface area (Å²) in [5, 5.41) is 17.0. The van der Waals surface area contributed by atoms with Gasteiger partial charge >= 0.3 is 12.1 Å². The van der Waals surface area contributed by atoms with Crippen LogP contribution in [-0.4, -0.2) is 54.7 Å². The zero-order valence-corrected chi connectivity index (χ0v) is 21.9. The van der Waals surface area contributed by atoms with Gasteiger partial charge in [-0.2, -0.15) is 5.26 Å². The lowest BCUT2D eigenvalue weighted by Gasteiger charge is -2.32. The van der Waals surface area contributed by atoms with Gasteiger partial charge in [0.15, 0.2) is 0 Å². The number of rotatable bonds is 6. The van der Waals surface area contributed by atoms with E-state index in [9.17, 15) is 14.4 Å². The minimum atomic E-state index is -0.588. The third-order valence-corrected chi connectivity index (χ3v) is 6.10. The molecule has 0 aromatic heterocycles. The summed E-state index contributed by atoms with van der Waals surface area (Å²) in [7, 11) is 0. The van der Waals surface area contributed by atoms with Crippen molar-refractivity contribution in [2.24, 2.45) is 0 Å². The number of urea groups is 1. The fourth-order valence-corrected chi connectivity index (χ4v) is 4.14. The molecule has 9 nitrogen and oxygen atoms in total. The first kappa shape index (κ1) is 27.5. The normalized spacial score (nSPS) is 13.9. The van der Waals surface area contributed by atoms with Crippen LogP contribution in [0.25, 0.3) is 0 Å². The van der Waals surface area contributed by atoms with Crippen molar-refractivity contribution in [3.05, 3.63) is 64.7 Å². The number of benzene rings is 2. The van der Waals surface area contributed by atoms with Gasteiger partial charge in [0.2, 0.25) is 0 Å². The Kier molecular flexibility index (Phi) is 9.12. The van der Waals surface area contributed by atoms with Crippen molar-refractivity contribution < 1.29 is 19.1 Å². The molecule has 2 aromatic rings. The van der Waals surface area contributed by atoms with Crippen LogP contribution in [0.2, 0.25) is 0 Å². The van der Waals surface area contributed by atoms with Crippen LogP contribution in [0.5, 0.6) is 0 Å². The second kappa shape index (κ2) is 12.3. The van der Waals surface area contributed by atoms with Crippen LogP contribution in [0.15, 0.2) is 42.5 Å². The summed E-state index contributed by atoms with van der Waals surface area (Å²) >= 11 is 0. The van der Waals surface area contributed by atoms with E-state index in [1.807, 2.05) is 42.2 Å². The van der Waals surface area contributed by atoms with Gasteiger partial charge < -0.3 is 25.6 Å². The number of nitrogens with zero attached hydrogens (tertiary/aromatic N) is 2. The monoisotopic (exact) mass is 505 g/mol. The van der Waals surface area contributed by atoms with Gasteiger partial charge in [-0.3, -0.25) is 4.79 Å². The molecule has 3 N–H and O–H groups in total. The fraction of sp³-hybridized carbons (Fsp3) is 0.429. The van der Waals surface area contributed by atoms with Crippen molar-refractivity contribution in [1.82, 2.24) is 15.5 Å². The van der Waals surface area contributed by atoms with Crippen molar-refractivity contribution >= 4 is 23.7 Å². The number of ether oxygens (including phenoxy) is 1. The van der Waals surface area contributed by atoms with Crippen LogP contribution in [0.1, 0.15) is 66.6 Å². The molecular weight excluding hydrogens is 470 g/mol. The average Bonchev–Trinajstić information content (AvgIpc) is 2.86. The van der Waals surface area contributed by atoms with Crippen LogP contribution in [-0.2, 0) is 4.74 Å². The highest BCUT2D eigenvalue weighted by molar-refractivity contribution is 5.97. The quantitative estimate of drug-likeness (QED) is 0.498. The smallest absolute Gasteiger partial charge is 0.407 e. The van der Waals surface area contributed by atoms with Gasteiger partial charge in [-0.25, -0.2) is 9.59 Å². The number of nitriles is 1. The van der Waals surface area contributed by atoms with E-state index in [-0.39, 0.29) is 19.0 Å². The minimum absolute atomic E-state index is 0.0664. The number of aryl methyl sites for hydroxylation is 1. The Morgan fingerprint density at radius 2 is 1.68 bits per heavy atom. The summed E-state index contributed by atoms with van der Waals surface area (Å²) < 4.78 is 5.15. The summed E-state index contributed by atoms with van der Waals surface area (Å²) in [5.41, 5.74) is 3.15. The van der Waals surface area contributed by atoms with E-state index in [4.69, 9.17) is 10.00 Å². The molecule has 9 heteroatoms. The van der Waals surface area contributed by atoms with Gasteiger partial charge in [-0.15, -0.1) is 0 Å². The van der Waals surface area contributed by atoms with Gasteiger partial charge in [0.05, 0.1) is 11.6 Å². The Labute approximate surface area is 218 Å². The Balaban J connectivity index is 1.49. The number of hydrogen-bond donors (Lipinski definition) is 3. The van der Waals surface area contributed by atoms with E-state index in [1.165, 1.54) is 5.56 Å². The maximum Gasteiger partial charge on any atom is 0.407 e. The molecule has 37 heavy (non-hydrogen) atoms. The predicted octanol–water partition coefficient (Wildman–Crippen LogP) is 4.53. The first-order chi connectivity index (χ1) is 17.6. The number of amides is 4. The van der Waals surface area contributed by atoms with E-state index in [1.54, 1.807) is 32.9 Å². The maximum absolute atomic E-state index is 13.2. The number of hydrogen-bond acceptors (Lipinski definition) is 5. The number of anilines is 1. The maximum atomic E-state index is 13.2. The summed E-state index contributed by atoms with van der Waals surface area (Å²) in [6.07, 6.45) is 1.17. The molecule has 0 saturated carbocycles. The fourth-order valence-electron chi connectivity index (χ4n) is 4.14. The number of likely N-dealkylation sites (tertiary alicyclic amines) is 1. The van der Waals surface area contributed by atoms with E-state index < -0.39 is 17.7 Å². The zero-order valence-electron chi connectivity index (χ0n) is 21.9. The van der Waals surface area contributed by atoms with Gasteiger partial charge in [-0.1, -0.05) is 18.2 Å². The van der Waals surface area contributed by atoms with E-state index in [2.05, 4.69) is 22.0 Å². The summed E-state index contributed by atoms with van der Waals surface area (Å²) in [6.45, 7) is 8.92. The molecule has 0 radical (unpaired) electrons. The zero-order chi connectivity index (χ0) is 27.0. The number of carbonyl (C=O) groups is 3. The molecule has 2 aromatic carbocycles. The minimum Gasteiger partial charge on any atom is -0.444 e. The van der Waals surface area contributed by atoms with Crippen molar-refractivity contribution in [1.29, 1.82) is 5.26 Å². The van der Waals surface area contributed by atoms with Crippen LogP contribution in [0, 0.1) is 18.3 Å². The van der Waals surface area contributed by atoms with Crippen LogP contribution in [0.3, 0.4) is 0 Å². The molecule has 1 heterocycles. The third-order valence-electron chi connectivity index (χ3n) is 6.10. The number of alkyl carbamates (subject to hydrolysis) is 1. The van der Waals surface area contributed by atoms with Gasteiger partial charge in [0, 0.05) is 37.4 Å². The predicted molar refractivity (Wildman–Crippen MR) is 141 cm³/mol. The molecule has 1 saturated heterocycles. The molecule has 0 aliphatic carbocycles. The Morgan fingerprint density at radius 3 is 2.30 bits per heavy atom.